The van der Waals surface area contributed by atoms with Gasteiger partial charge in [-0.3, -0.25) is 4.79 Å². The first-order chi connectivity index (χ1) is 9.16. The molecule has 1 aliphatic heterocycles. The molecule has 1 aromatic rings. The van der Waals surface area contributed by atoms with Crippen molar-refractivity contribution >= 4 is 5.91 Å². The molecule has 3 nitrogen and oxygen atoms in total. The zero-order valence-corrected chi connectivity index (χ0v) is 11.4. The van der Waals surface area contributed by atoms with Crippen LogP contribution in [0.1, 0.15) is 31.2 Å². The van der Waals surface area contributed by atoms with E-state index >= 15 is 0 Å². The minimum atomic E-state index is -0.235. The Balaban J connectivity index is 1.92. The van der Waals surface area contributed by atoms with Crippen LogP contribution in [0.5, 0.6) is 0 Å². The van der Waals surface area contributed by atoms with Crippen LogP contribution in [0.4, 0.5) is 4.39 Å². The molecule has 1 heterocycles. The molecule has 0 aliphatic carbocycles. The van der Waals surface area contributed by atoms with Crippen molar-refractivity contribution in [2.45, 2.75) is 25.7 Å². The van der Waals surface area contributed by atoms with Gasteiger partial charge >= 0.3 is 0 Å². The van der Waals surface area contributed by atoms with Gasteiger partial charge in [-0.1, -0.05) is 19.1 Å². The van der Waals surface area contributed by atoms with E-state index in [4.69, 9.17) is 0 Å². The van der Waals surface area contributed by atoms with Gasteiger partial charge in [0.2, 0.25) is 5.91 Å². The number of carbonyl (C=O) groups excluding carboxylic acids is 1. The van der Waals surface area contributed by atoms with Gasteiger partial charge in [0.15, 0.2) is 0 Å². The van der Waals surface area contributed by atoms with E-state index < -0.39 is 0 Å². The summed E-state index contributed by atoms with van der Waals surface area (Å²) in [7, 11) is 0. The third-order valence-electron chi connectivity index (χ3n) is 3.61. The fourth-order valence-corrected chi connectivity index (χ4v) is 2.40. The van der Waals surface area contributed by atoms with Crippen LogP contribution in [-0.2, 0) is 4.79 Å². The minimum absolute atomic E-state index is 0.129. The van der Waals surface area contributed by atoms with E-state index in [0.717, 1.165) is 38.2 Å². The lowest BCUT2D eigenvalue weighted by molar-refractivity contribution is -0.131. The van der Waals surface area contributed by atoms with Crippen molar-refractivity contribution in [1.82, 2.24) is 10.2 Å². The van der Waals surface area contributed by atoms with Crippen molar-refractivity contribution in [3.8, 4) is 0 Å². The average molecular weight is 264 g/mol. The first-order valence-corrected chi connectivity index (χ1v) is 6.91. The molecule has 1 fully saturated rings. The lowest BCUT2D eigenvalue weighted by Gasteiger charge is -2.22. The van der Waals surface area contributed by atoms with Gasteiger partial charge in [-0.25, -0.2) is 4.39 Å². The third-order valence-corrected chi connectivity index (χ3v) is 3.61. The van der Waals surface area contributed by atoms with Crippen molar-refractivity contribution in [2.75, 3.05) is 26.2 Å². The van der Waals surface area contributed by atoms with E-state index in [9.17, 15) is 9.18 Å². The van der Waals surface area contributed by atoms with E-state index in [1.54, 1.807) is 12.1 Å². The Morgan fingerprint density at radius 2 is 2.05 bits per heavy atom. The highest BCUT2D eigenvalue weighted by Crippen LogP contribution is 2.20. The normalized spacial score (nSPS) is 17.9. The van der Waals surface area contributed by atoms with Gasteiger partial charge in [-0.15, -0.1) is 0 Å². The van der Waals surface area contributed by atoms with E-state index in [0.29, 0.717) is 6.42 Å². The highest BCUT2D eigenvalue weighted by atomic mass is 19.1. The summed E-state index contributed by atoms with van der Waals surface area (Å²) in [5.74, 6) is 0.0886. The van der Waals surface area contributed by atoms with E-state index in [-0.39, 0.29) is 17.6 Å². The molecule has 0 aromatic heterocycles. The summed E-state index contributed by atoms with van der Waals surface area (Å²) in [4.78, 5) is 14.2. The number of hydrogen-bond acceptors (Lipinski definition) is 2. The molecule has 0 saturated carbocycles. The van der Waals surface area contributed by atoms with Crippen molar-refractivity contribution in [2.24, 2.45) is 0 Å². The zero-order chi connectivity index (χ0) is 13.7. The molecule has 0 radical (unpaired) electrons. The summed E-state index contributed by atoms with van der Waals surface area (Å²) in [5.41, 5.74) is 1.02. The van der Waals surface area contributed by atoms with E-state index in [1.165, 1.54) is 12.1 Å². The lowest BCUT2D eigenvalue weighted by atomic mass is 9.97. The van der Waals surface area contributed by atoms with Crippen LogP contribution in [0.15, 0.2) is 24.3 Å². The number of benzene rings is 1. The second-order valence-electron chi connectivity index (χ2n) is 5.14. The molecule has 0 spiro atoms. The minimum Gasteiger partial charge on any atom is -0.341 e. The monoisotopic (exact) mass is 264 g/mol. The van der Waals surface area contributed by atoms with Crippen molar-refractivity contribution in [3.63, 3.8) is 0 Å². The summed E-state index contributed by atoms with van der Waals surface area (Å²) in [5, 5.41) is 3.29. The number of carbonyl (C=O) groups is 1. The van der Waals surface area contributed by atoms with Crippen LogP contribution in [0.3, 0.4) is 0 Å². The van der Waals surface area contributed by atoms with Gasteiger partial charge in [0.05, 0.1) is 0 Å². The Hall–Kier alpha value is -1.42. The van der Waals surface area contributed by atoms with Gasteiger partial charge in [-0.05, 0) is 36.6 Å². The number of nitrogens with zero attached hydrogens (tertiary/aromatic N) is 1. The number of nitrogens with one attached hydrogen (secondary N) is 1. The van der Waals surface area contributed by atoms with Crippen LogP contribution in [0.2, 0.25) is 0 Å². The highest BCUT2D eigenvalue weighted by Gasteiger charge is 2.18. The first-order valence-electron chi connectivity index (χ1n) is 6.91. The average Bonchev–Trinajstić information content (AvgIpc) is 2.68. The third kappa shape index (κ3) is 4.03. The topological polar surface area (TPSA) is 32.3 Å². The Morgan fingerprint density at radius 3 is 2.79 bits per heavy atom. The summed E-state index contributed by atoms with van der Waals surface area (Å²) < 4.78 is 12.9. The summed E-state index contributed by atoms with van der Waals surface area (Å²) in [6, 6.07) is 6.42. The maximum Gasteiger partial charge on any atom is 0.223 e. The van der Waals surface area contributed by atoms with Gasteiger partial charge < -0.3 is 10.2 Å². The fourth-order valence-electron chi connectivity index (χ4n) is 2.40. The Labute approximate surface area is 113 Å². The molecule has 19 heavy (non-hydrogen) atoms. The van der Waals surface area contributed by atoms with Crippen LogP contribution < -0.4 is 5.32 Å². The SMILES string of the molecule is CC(CC(=O)N1CCCNCC1)c1ccc(F)cc1. The highest BCUT2D eigenvalue weighted by molar-refractivity contribution is 5.77. The number of halogens is 1. The van der Waals surface area contributed by atoms with Crippen molar-refractivity contribution in [3.05, 3.63) is 35.6 Å². The van der Waals surface area contributed by atoms with Crippen LogP contribution in [-0.4, -0.2) is 37.0 Å². The quantitative estimate of drug-likeness (QED) is 0.907. The van der Waals surface area contributed by atoms with Gasteiger partial charge in [-0.2, -0.15) is 0 Å². The predicted octanol–water partition coefficient (Wildman–Crippen LogP) is 2.14. The number of rotatable bonds is 3. The number of hydrogen-bond donors (Lipinski definition) is 1. The fraction of sp³-hybridized carbons (Fsp3) is 0.533. The second-order valence-corrected chi connectivity index (χ2v) is 5.14. The van der Waals surface area contributed by atoms with Crippen LogP contribution >= 0.6 is 0 Å². The van der Waals surface area contributed by atoms with Gasteiger partial charge in [0.25, 0.3) is 0 Å². The van der Waals surface area contributed by atoms with Crippen LogP contribution in [0, 0.1) is 5.82 Å². The zero-order valence-electron chi connectivity index (χ0n) is 11.4. The molecule has 104 valence electrons. The molecule has 0 bridgehead atoms. The number of amides is 1. The first kappa shape index (κ1) is 14.0. The summed E-state index contributed by atoms with van der Waals surface area (Å²) >= 11 is 0. The summed E-state index contributed by atoms with van der Waals surface area (Å²) in [6.45, 7) is 5.49. The predicted molar refractivity (Wildman–Crippen MR) is 73.5 cm³/mol. The Morgan fingerprint density at radius 1 is 1.32 bits per heavy atom. The Bertz CT molecular complexity index is 411. The molecule has 1 aliphatic rings. The van der Waals surface area contributed by atoms with Gasteiger partial charge in [0.1, 0.15) is 5.82 Å². The lowest BCUT2D eigenvalue weighted by Crippen LogP contribution is -2.34. The Kier molecular flexibility index (Phi) is 4.91. The van der Waals surface area contributed by atoms with E-state index in [1.807, 2.05) is 11.8 Å². The molecular weight excluding hydrogens is 243 g/mol. The molecule has 1 amide bonds. The van der Waals surface area contributed by atoms with Crippen LogP contribution in [0.25, 0.3) is 0 Å². The standard InChI is InChI=1S/C15H21FN2O/c1-12(13-3-5-14(16)6-4-13)11-15(19)18-9-2-7-17-8-10-18/h3-6,12,17H,2,7-11H2,1H3. The molecule has 1 aromatic carbocycles. The van der Waals surface area contributed by atoms with Gasteiger partial charge in [0, 0.05) is 26.1 Å². The smallest absolute Gasteiger partial charge is 0.223 e. The molecule has 4 heteroatoms. The van der Waals surface area contributed by atoms with E-state index in [2.05, 4.69) is 5.32 Å². The molecule has 1 atom stereocenters. The molecule has 1 unspecified atom stereocenters. The molecule has 1 N–H and O–H groups in total. The molecule has 2 rings (SSSR count). The molecule has 1 saturated heterocycles. The van der Waals surface area contributed by atoms with Crippen molar-refractivity contribution in [1.29, 1.82) is 0 Å². The van der Waals surface area contributed by atoms with Crippen molar-refractivity contribution < 1.29 is 9.18 Å². The largest absolute Gasteiger partial charge is 0.341 e. The maximum absolute atomic E-state index is 12.9. The second kappa shape index (κ2) is 6.66. The summed E-state index contributed by atoms with van der Waals surface area (Å²) in [6.07, 6.45) is 1.50. The maximum atomic E-state index is 12.9. The molecular formula is C15H21FN2O.